The minimum absolute atomic E-state index is 0.317. The van der Waals surface area contributed by atoms with Gasteiger partial charge in [-0.1, -0.05) is 24.3 Å². The number of epoxide rings is 1. The van der Waals surface area contributed by atoms with Crippen LogP contribution in [0.2, 0.25) is 0 Å². The average Bonchev–Trinajstić information content (AvgIpc) is 3.48. The van der Waals surface area contributed by atoms with Crippen LogP contribution >= 0.6 is 0 Å². The van der Waals surface area contributed by atoms with Crippen molar-refractivity contribution >= 4 is 5.69 Å². The number of para-hydroxylation sites is 1. The van der Waals surface area contributed by atoms with Crippen molar-refractivity contribution in [2.75, 3.05) is 44.2 Å². The topological polar surface area (TPSA) is 62.6 Å². The Kier molecular flexibility index (Phi) is 5.60. The van der Waals surface area contributed by atoms with Crippen molar-refractivity contribution < 1.29 is 13.5 Å². The predicted octanol–water partition coefficient (Wildman–Crippen LogP) is 2.80. The van der Waals surface area contributed by atoms with Crippen LogP contribution in [-0.2, 0) is 16.8 Å². The summed E-state index contributed by atoms with van der Waals surface area (Å²) in [5.41, 5.74) is 0.723. The van der Waals surface area contributed by atoms with Crippen LogP contribution in [0, 0.1) is 11.6 Å². The lowest BCUT2D eigenvalue weighted by Gasteiger charge is -2.36. The Bertz CT molecular complexity index is 1060. The van der Waals surface area contributed by atoms with Gasteiger partial charge in [-0.2, -0.15) is 0 Å². The van der Waals surface area contributed by atoms with Gasteiger partial charge in [-0.15, -0.1) is 5.10 Å². The second kappa shape index (κ2) is 8.55. The number of tetrazole rings is 1. The first-order valence-corrected chi connectivity index (χ1v) is 11.0. The zero-order valence-electron chi connectivity index (χ0n) is 18.0. The van der Waals surface area contributed by atoms with Crippen LogP contribution in [0.3, 0.4) is 0 Å². The van der Waals surface area contributed by atoms with E-state index in [1.165, 1.54) is 17.8 Å². The molecule has 2 saturated heterocycles. The number of benzene rings is 2. The van der Waals surface area contributed by atoms with Gasteiger partial charge in [0.15, 0.2) is 5.82 Å². The number of aromatic nitrogens is 4. The van der Waals surface area contributed by atoms with Crippen LogP contribution in [0.5, 0.6) is 0 Å². The first-order chi connectivity index (χ1) is 15.6. The summed E-state index contributed by atoms with van der Waals surface area (Å²) >= 11 is 0. The van der Waals surface area contributed by atoms with E-state index in [4.69, 9.17) is 4.74 Å². The van der Waals surface area contributed by atoms with Crippen LogP contribution in [0.25, 0.3) is 0 Å². The monoisotopic (exact) mass is 440 g/mol. The molecule has 3 heterocycles. The number of halogens is 2. The van der Waals surface area contributed by atoms with Gasteiger partial charge in [-0.05, 0) is 35.5 Å². The van der Waals surface area contributed by atoms with E-state index in [2.05, 4.69) is 49.6 Å². The molecule has 3 aromatic rings. The summed E-state index contributed by atoms with van der Waals surface area (Å²) in [6, 6.07) is 13.7. The zero-order valence-corrected chi connectivity index (χ0v) is 18.0. The quantitative estimate of drug-likeness (QED) is 0.527. The molecule has 5 rings (SSSR count). The molecular weight excluding hydrogens is 414 g/mol. The summed E-state index contributed by atoms with van der Waals surface area (Å²) in [6.07, 6.45) is 0.685. The Morgan fingerprint density at radius 2 is 1.81 bits per heavy atom. The van der Waals surface area contributed by atoms with Gasteiger partial charge >= 0.3 is 0 Å². The average molecular weight is 440 g/mol. The van der Waals surface area contributed by atoms with E-state index in [0.29, 0.717) is 18.6 Å². The summed E-state index contributed by atoms with van der Waals surface area (Å²) in [6.45, 7) is 7.00. The summed E-state index contributed by atoms with van der Waals surface area (Å²) in [5.74, 6) is -0.481. The van der Waals surface area contributed by atoms with Crippen molar-refractivity contribution in [2.45, 2.75) is 25.0 Å². The van der Waals surface area contributed by atoms with E-state index in [0.717, 1.165) is 44.6 Å². The van der Waals surface area contributed by atoms with Gasteiger partial charge in [0.1, 0.15) is 17.2 Å². The van der Waals surface area contributed by atoms with Crippen molar-refractivity contribution in [2.24, 2.45) is 0 Å². The Morgan fingerprint density at radius 1 is 1.06 bits per heavy atom. The lowest BCUT2D eigenvalue weighted by molar-refractivity contribution is 0.206. The van der Waals surface area contributed by atoms with Crippen LogP contribution in [0.15, 0.2) is 48.5 Å². The molecule has 2 atom stereocenters. The minimum Gasteiger partial charge on any atom is -0.369 e. The SMILES string of the molecule is CC(n1nnnc1CCN1CCN(c2ccccc2)CC1)C1(c2ccc(F)cc2F)CO1. The first-order valence-electron chi connectivity index (χ1n) is 11.0. The molecule has 0 bridgehead atoms. The van der Waals surface area contributed by atoms with Crippen molar-refractivity contribution in [1.29, 1.82) is 0 Å². The summed E-state index contributed by atoms with van der Waals surface area (Å²) in [4.78, 5) is 4.81. The summed E-state index contributed by atoms with van der Waals surface area (Å²) in [7, 11) is 0. The highest BCUT2D eigenvalue weighted by Gasteiger charge is 2.54. The van der Waals surface area contributed by atoms with Gasteiger partial charge in [0.05, 0.1) is 12.6 Å². The lowest BCUT2D eigenvalue weighted by atomic mass is 9.92. The number of ether oxygens (including phenoxy) is 1. The molecular formula is C23H26F2N6O. The third kappa shape index (κ3) is 3.98. The highest BCUT2D eigenvalue weighted by Crippen LogP contribution is 2.48. The number of nitrogens with zero attached hydrogens (tertiary/aromatic N) is 6. The van der Waals surface area contributed by atoms with Gasteiger partial charge in [-0.3, -0.25) is 4.90 Å². The van der Waals surface area contributed by atoms with E-state index in [1.807, 2.05) is 13.0 Å². The summed E-state index contributed by atoms with van der Waals surface area (Å²) < 4.78 is 35.2. The van der Waals surface area contributed by atoms with E-state index in [1.54, 1.807) is 4.68 Å². The molecule has 2 aliphatic heterocycles. The molecule has 0 aliphatic carbocycles. The Hall–Kier alpha value is -2.91. The predicted molar refractivity (Wildman–Crippen MR) is 115 cm³/mol. The van der Waals surface area contributed by atoms with Crippen molar-refractivity contribution in [3.63, 3.8) is 0 Å². The van der Waals surface area contributed by atoms with Gasteiger partial charge in [0.25, 0.3) is 0 Å². The Labute approximate surface area is 185 Å². The number of rotatable bonds is 7. The second-order valence-corrected chi connectivity index (χ2v) is 8.43. The fourth-order valence-electron chi connectivity index (χ4n) is 4.53. The minimum atomic E-state index is -0.872. The molecule has 2 aliphatic rings. The number of hydrogen-bond donors (Lipinski definition) is 0. The third-order valence-corrected chi connectivity index (χ3v) is 6.59. The number of hydrogen-bond acceptors (Lipinski definition) is 6. The smallest absolute Gasteiger partial charge is 0.153 e. The van der Waals surface area contributed by atoms with Crippen molar-refractivity contribution in [3.8, 4) is 0 Å². The number of anilines is 1. The maximum atomic E-state index is 14.4. The molecule has 168 valence electrons. The normalized spacial score (nSPS) is 22.2. The highest BCUT2D eigenvalue weighted by molar-refractivity contribution is 5.46. The van der Waals surface area contributed by atoms with Crippen molar-refractivity contribution in [3.05, 3.63) is 71.6 Å². The Morgan fingerprint density at radius 3 is 2.50 bits per heavy atom. The third-order valence-electron chi connectivity index (χ3n) is 6.59. The lowest BCUT2D eigenvalue weighted by Crippen LogP contribution is -2.47. The molecule has 1 aromatic heterocycles. The maximum absolute atomic E-state index is 14.4. The number of piperazine rings is 1. The fourth-order valence-corrected chi connectivity index (χ4v) is 4.53. The summed E-state index contributed by atoms with van der Waals surface area (Å²) in [5, 5.41) is 12.2. The molecule has 0 N–H and O–H groups in total. The zero-order chi connectivity index (χ0) is 22.1. The standard InChI is InChI=1S/C23H26F2N6O/c1-17(23(16-32-23)20-8-7-18(24)15-21(20)25)31-22(26-27-28-31)9-10-29-11-13-30(14-12-29)19-5-3-2-4-6-19/h2-8,15,17H,9-14,16H2,1H3. The van der Waals surface area contributed by atoms with Crippen LogP contribution in [-0.4, -0.2) is 64.4 Å². The van der Waals surface area contributed by atoms with E-state index >= 15 is 0 Å². The van der Waals surface area contributed by atoms with Gasteiger partial charge in [0, 0.05) is 56.5 Å². The largest absolute Gasteiger partial charge is 0.369 e. The molecule has 0 amide bonds. The first kappa shape index (κ1) is 21.0. The molecule has 0 radical (unpaired) electrons. The molecule has 0 spiro atoms. The van der Waals surface area contributed by atoms with E-state index in [9.17, 15) is 8.78 Å². The fraction of sp³-hybridized carbons (Fsp3) is 0.435. The maximum Gasteiger partial charge on any atom is 0.153 e. The van der Waals surface area contributed by atoms with Crippen LogP contribution in [0.4, 0.5) is 14.5 Å². The second-order valence-electron chi connectivity index (χ2n) is 8.43. The molecule has 2 fully saturated rings. The highest BCUT2D eigenvalue weighted by atomic mass is 19.1. The molecule has 7 nitrogen and oxygen atoms in total. The van der Waals surface area contributed by atoms with Crippen LogP contribution in [0.1, 0.15) is 24.4 Å². The van der Waals surface area contributed by atoms with Gasteiger partial charge < -0.3 is 9.64 Å². The van der Waals surface area contributed by atoms with E-state index < -0.39 is 17.2 Å². The molecule has 32 heavy (non-hydrogen) atoms. The van der Waals surface area contributed by atoms with Gasteiger partial charge in [0.2, 0.25) is 0 Å². The molecule has 2 aromatic carbocycles. The van der Waals surface area contributed by atoms with Crippen molar-refractivity contribution in [1.82, 2.24) is 25.1 Å². The van der Waals surface area contributed by atoms with Crippen LogP contribution < -0.4 is 4.90 Å². The van der Waals surface area contributed by atoms with Gasteiger partial charge in [-0.25, -0.2) is 13.5 Å². The van der Waals surface area contributed by atoms with E-state index in [-0.39, 0.29) is 6.04 Å². The molecule has 0 saturated carbocycles. The Balaban J connectivity index is 1.22. The molecule has 2 unspecified atom stereocenters. The molecule has 9 heteroatoms.